The van der Waals surface area contributed by atoms with Crippen molar-refractivity contribution in [2.45, 2.75) is 39.9 Å². The summed E-state index contributed by atoms with van der Waals surface area (Å²) in [7, 11) is 0. The second-order valence-electron chi connectivity index (χ2n) is 4.24. The third-order valence-electron chi connectivity index (χ3n) is 2.78. The minimum absolute atomic E-state index is 0.236. The molecule has 0 aliphatic heterocycles. The summed E-state index contributed by atoms with van der Waals surface area (Å²) in [6, 6.07) is 4.33. The van der Waals surface area contributed by atoms with Crippen molar-refractivity contribution in [3.05, 3.63) is 35.4 Å². The van der Waals surface area contributed by atoms with Gasteiger partial charge in [-0.3, -0.25) is 9.78 Å². The molecule has 2 aromatic heterocycles. The minimum atomic E-state index is 0.236. The lowest BCUT2D eigenvalue weighted by atomic mass is 10.2. The predicted octanol–water partition coefficient (Wildman–Crippen LogP) is 1.79. The second kappa shape index (κ2) is 5.14. The van der Waals surface area contributed by atoms with Crippen molar-refractivity contribution < 1.29 is 0 Å². The maximum Gasteiger partial charge on any atom is 0.0791 e. The molecule has 92 valence electrons. The van der Waals surface area contributed by atoms with Crippen LogP contribution in [0.1, 0.15) is 37.0 Å². The molecule has 0 saturated heterocycles. The van der Waals surface area contributed by atoms with Crippen LogP contribution in [0.5, 0.6) is 0 Å². The van der Waals surface area contributed by atoms with Gasteiger partial charge in [-0.1, -0.05) is 0 Å². The Morgan fingerprint density at radius 3 is 2.94 bits per heavy atom. The Kier molecular flexibility index (Phi) is 3.58. The van der Waals surface area contributed by atoms with Crippen molar-refractivity contribution in [3.8, 4) is 0 Å². The average molecular weight is 233 g/mol. The van der Waals surface area contributed by atoms with Crippen LogP contribution in [-0.4, -0.2) is 20.0 Å². The monoisotopic (exact) mass is 233 g/mol. The number of aromatic amines is 1. The van der Waals surface area contributed by atoms with E-state index in [-0.39, 0.29) is 6.04 Å². The highest BCUT2D eigenvalue weighted by Gasteiger charge is 2.08. The number of hydrogen-bond acceptors (Lipinski definition) is 3. The van der Waals surface area contributed by atoms with Gasteiger partial charge in [0, 0.05) is 31.0 Å². The summed E-state index contributed by atoms with van der Waals surface area (Å²) in [4.78, 5) is 0. The average Bonchev–Trinajstić information content (AvgIpc) is 2.94. The Morgan fingerprint density at radius 1 is 1.53 bits per heavy atom. The molecule has 0 aliphatic rings. The molecule has 2 rings (SSSR count). The first-order valence-corrected chi connectivity index (χ1v) is 5.96. The van der Waals surface area contributed by atoms with Crippen molar-refractivity contribution >= 4 is 0 Å². The Morgan fingerprint density at radius 2 is 2.35 bits per heavy atom. The third-order valence-corrected chi connectivity index (χ3v) is 2.78. The van der Waals surface area contributed by atoms with E-state index in [0.717, 1.165) is 30.2 Å². The van der Waals surface area contributed by atoms with Gasteiger partial charge < -0.3 is 5.32 Å². The van der Waals surface area contributed by atoms with Crippen LogP contribution >= 0.6 is 0 Å². The largest absolute Gasteiger partial charge is 0.303 e. The van der Waals surface area contributed by atoms with E-state index < -0.39 is 0 Å². The van der Waals surface area contributed by atoms with E-state index in [1.54, 1.807) is 0 Å². The van der Waals surface area contributed by atoms with Crippen molar-refractivity contribution in [2.75, 3.05) is 0 Å². The highest BCUT2D eigenvalue weighted by Crippen LogP contribution is 2.10. The van der Waals surface area contributed by atoms with E-state index in [9.17, 15) is 0 Å². The Labute approximate surface area is 101 Å². The molecular weight excluding hydrogens is 214 g/mol. The van der Waals surface area contributed by atoms with Gasteiger partial charge in [0.25, 0.3) is 0 Å². The summed E-state index contributed by atoms with van der Waals surface area (Å²) in [5.41, 5.74) is 3.19. The molecule has 0 aromatic carbocycles. The molecule has 17 heavy (non-hydrogen) atoms. The summed E-state index contributed by atoms with van der Waals surface area (Å²) in [5, 5.41) is 15.0. The molecular formula is C12H19N5. The van der Waals surface area contributed by atoms with Crippen molar-refractivity contribution in [2.24, 2.45) is 0 Å². The van der Waals surface area contributed by atoms with Crippen molar-refractivity contribution in [1.29, 1.82) is 0 Å². The number of nitrogens with one attached hydrogen (secondary N) is 2. The Hall–Kier alpha value is -1.62. The topological polar surface area (TPSA) is 58.5 Å². The smallest absolute Gasteiger partial charge is 0.0791 e. The molecule has 0 radical (unpaired) electrons. The summed E-state index contributed by atoms with van der Waals surface area (Å²) < 4.78 is 1.94. The van der Waals surface area contributed by atoms with Crippen LogP contribution in [0.2, 0.25) is 0 Å². The molecule has 5 heteroatoms. The molecule has 0 aliphatic carbocycles. The summed E-state index contributed by atoms with van der Waals surface area (Å²) in [5.74, 6) is 0. The quantitative estimate of drug-likeness (QED) is 0.827. The first-order valence-electron chi connectivity index (χ1n) is 5.96. The van der Waals surface area contributed by atoms with Crippen molar-refractivity contribution in [1.82, 2.24) is 25.3 Å². The van der Waals surface area contributed by atoms with E-state index in [1.165, 1.54) is 0 Å². The van der Waals surface area contributed by atoms with Gasteiger partial charge in [-0.15, -0.1) is 0 Å². The number of rotatable bonds is 5. The van der Waals surface area contributed by atoms with Gasteiger partial charge in [0.05, 0.1) is 11.4 Å². The van der Waals surface area contributed by atoms with E-state index in [0.29, 0.717) is 0 Å². The van der Waals surface area contributed by atoms with Gasteiger partial charge >= 0.3 is 0 Å². The number of aryl methyl sites for hydroxylation is 2. The number of H-pyrrole nitrogens is 1. The van der Waals surface area contributed by atoms with Gasteiger partial charge in [0.15, 0.2) is 0 Å². The summed E-state index contributed by atoms with van der Waals surface area (Å²) in [6.45, 7) is 7.86. The van der Waals surface area contributed by atoms with Crippen LogP contribution in [0.15, 0.2) is 18.3 Å². The molecule has 0 amide bonds. The number of aromatic nitrogens is 4. The van der Waals surface area contributed by atoms with Gasteiger partial charge in [0.2, 0.25) is 0 Å². The fourth-order valence-electron chi connectivity index (χ4n) is 1.71. The number of nitrogens with zero attached hydrogens (tertiary/aromatic N) is 3. The Bertz CT molecular complexity index is 471. The van der Waals surface area contributed by atoms with Crippen LogP contribution in [0, 0.1) is 6.92 Å². The summed E-state index contributed by atoms with van der Waals surface area (Å²) in [6.07, 6.45) is 2.01. The van der Waals surface area contributed by atoms with Crippen LogP contribution in [0.3, 0.4) is 0 Å². The molecule has 5 nitrogen and oxygen atoms in total. The van der Waals surface area contributed by atoms with Gasteiger partial charge in [0.1, 0.15) is 0 Å². The molecule has 0 spiro atoms. The lowest BCUT2D eigenvalue weighted by Crippen LogP contribution is -2.19. The van der Waals surface area contributed by atoms with Crippen LogP contribution < -0.4 is 5.32 Å². The maximum absolute atomic E-state index is 4.47. The summed E-state index contributed by atoms with van der Waals surface area (Å²) >= 11 is 0. The first kappa shape index (κ1) is 11.9. The molecule has 0 saturated carbocycles. The molecule has 2 N–H and O–H groups in total. The lowest BCUT2D eigenvalue weighted by molar-refractivity contribution is 0.537. The highest BCUT2D eigenvalue weighted by molar-refractivity contribution is 5.08. The van der Waals surface area contributed by atoms with Gasteiger partial charge in [-0.25, -0.2) is 0 Å². The maximum atomic E-state index is 4.47. The van der Waals surface area contributed by atoms with E-state index in [2.05, 4.69) is 40.5 Å². The fraction of sp³-hybridized carbons (Fsp3) is 0.500. The second-order valence-corrected chi connectivity index (χ2v) is 4.24. The van der Waals surface area contributed by atoms with Crippen LogP contribution in [0.4, 0.5) is 0 Å². The molecule has 0 bridgehead atoms. The minimum Gasteiger partial charge on any atom is -0.303 e. The van der Waals surface area contributed by atoms with Crippen LogP contribution in [0.25, 0.3) is 0 Å². The van der Waals surface area contributed by atoms with Crippen molar-refractivity contribution in [3.63, 3.8) is 0 Å². The normalized spacial score (nSPS) is 12.9. The van der Waals surface area contributed by atoms with E-state index >= 15 is 0 Å². The van der Waals surface area contributed by atoms with E-state index in [1.807, 2.05) is 23.9 Å². The molecule has 1 atom stereocenters. The SMILES string of the molecule is CCn1ccc(C(C)NCc2cc(C)[nH]n2)n1. The Balaban J connectivity index is 1.90. The zero-order valence-electron chi connectivity index (χ0n) is 10.6. The highest BCUT2D eigenvalue weighted by atomic mass is 15.3. The van der Waals surface area contributed by atoms with Gasteiger partial charge in [-0.2, -0.15) is 10.2 Å². The third kappa shape index (κ3) is 2.94. The molecule has 2 heterocycles. The first-order chi connectivity index (χ1) is 8.19. The number of hydrogen-bond donors (Lipinski definition) is 2. The van der Waals surface area contributed by atoms with Crippen LogP contribution in [-0.2, 0) is 13.1 Å². The molecule has 0 fully saturated rings. The zero-order chi connectivity index (χ0) is 12.3. The zero-order valence-corrected chi connectivity index (χ0v) is 10.6. The molecule has 1 unspecified atom stereocenters. The predicted molar refractivity (Wildman–Crippen MR) is 66.5 cm³/mol. The lowest BCUT2D eigenvalue weighted by Gasteiger charge is -2.09. The molecule has 2 aromatic rings. The van der Waals surface area contributed by atoms with E-state index in [4.69, 9.17) is 0 Å². The fourth-order valence-corrected chi connectivity index (χ4v) is 1.71. The standard InChI is InChI=1S/C12H19N5/c1-4-17-6-5-12(16-17)10(3)13-8-11-7-9(2)14-15-11/h5-7,10,13H,4,8H2,1-3H3,(H,14,15). The van der Waals surface area contributed by atoms with Gasteiger partial charge in [-0.05, 0) is 32.9 Å².